The van der Waals surface area contributed by atoms with Crippen LogP contribution in [0.1, 0.15) is 19.3 Å². The van der Waals surface area contributed by atoms with Crippen LogP contribution in [0.5, 0.6) is 0 Å². The number of rotatable bonds is 1. The van der Waals surface area contributed by atoms with E-state index in [-0.39, 0.29) is 0 Å². The quantitative estimate of drug-likeness (QED) is 0.756. The van der Waals surface area contributed by atoms with E-state index in [4.69, 9.17) is 11.5 Å². The van der Waals surface area contributed by atoms with Crippen molar-refractivity contribution in [3.05, 3.63) is 6.33 Å². The maximum absolute atomic E-state index is 5.91. The molecule has 0 bridgehead atoms. The van der Waals surface area contributed by atoms with Gasteiger partial charge in [-0.05, 0) is 19.3 Å². The molecule has 18 heavy (non-hydrogen) atoms. The molecule has 1 aliphatic rings. The Morgan fingerprint density at radius 2 is 1.67 bits per heavy atom. The minimum Gasteiger partial charge on any atom is -0.382 e. The number of nitrogens with two attached hydrogens (primary N) is 2. The second kappa shape index (κ2) is 4.25. The lowest BCUT2D eigenvalue weighted by atomic mass is 10.1. The van der Waals surface area contributed by atoms with Crippen LogP contribution in [0, 0.1) is 0 Å². The molecule has 7 heteroatoms. The first-order valence-corrected chi connectivity index (χ1v) is 6.04. The van der Waals surface area contributed by atoms with Gasteiger partial charge in [-0.25, -0.2) is 15.0 Å². The maximum Gasteiger partial charge on any atom is 0.228 e. The van der Waals surface area contributed by atoms with E-state index >= 15 is 0 Å². The molecule has 0 amide bonds. The molecule has 0 atom stereocenters. The van der Waals surface area contributed by atoms with Crippen molar-refractivity contribution in [3.63, 3.8) is 0 Å². The molecule has 7 nitrogen and oxygen atoms in total. The van der Waals surface area contributed by atoms with Gasteiger partial charge in [0.2, 0.25) is 5.95 Å². The Morgan fingerprint density at radius 1 is 0.889 bits per heavy atom. The molecule has 2 aromatic heterocycles. The van der Waals surface area contributed by atoms with Crippen molar-refractivity contribution >= 4 is 28.6 Å². The van der Waals surface area contributed by atoms with Crippen LogP contribution in [0.3, 0.4) is 0 Å². The third kappa shape index (κ3) is 1.77. The molecule has 0 saturated carbocycles. The lowest BCUT2D eigenvalue weighted by Gasteiger charge is -2.26. The summed E-state index contributed by atoms with van der Waals surface area (Å²) in [5.74, 6) is 1.32. The van der Waals surface area contributed by atoms with E-state index in [1.807, 2.05) is 0 Å². The zero-order valence-corrected chi connectivity index (χ0v) is 10.0. The summed E-state index contributed by atoms with van der Waals surface area (Å²) < 4.78 is 0. The second-order valence-electron chi connectivity index (χ2n) is 4.41. The van der Waals surface area contributed by atoms with Crippen LogP contribution >= 0.6 is 0 Å². The van der Waals surface area contributed by atoms with E-state index in [1.54, 1.807) is 0 Å². The fraction of sp³-hybridized carbons (Fsp3) is 0.455. The van der Waals surface area contributed by atoms with Crippen LogP contribution in [0.15, 0.2) is 6.33 Å². The fourth-order valence-corrected chi connectivity index (χ4v) is 2.21. The molecule has 94 valence electrons. The van der Waals surface area contributed by atoms with Gasteiger partial charge in [0.25, 0.3) is 0 Å². The standard InChI is InChI=1S/C11H15N7/c12-9-8-7(14-6-15-9)10(13)17-11(16-8)18-4-2-1-3-5-18/h6H,1-5H2,(H2,12,14,15)(H2,13,16,17). The minimum absolute atomic E-state index is 0.340. The highest BCUT2D eigenvalue weighted by atomic mass is 15.3. The summed E-state index contributed by atoms with van der Waals surface area (Å²) in [7, 11) is 0. The van der Waals surface area contributed by atoms with E-state index in [2.05, 4.69) is 24.8 Å². The van der Waals surface area contributed by atoms with Crippen LogP contribution in [0.4, 0.5) is 17.6 Å². The average Bonchev–Trinajstić information content (AvgIpc) is 2.41. The highest BCUT2D eigenvalue weighted by molar-refractivity contribution is 5.91. The Balaban J connectivity index is 2.11. The molecule has 1 aliphatic heterocycles. The first kappa shape index (κ1) is 10.9. The summed E-state index contributed by atoms with van der Waals surface area (Å²) in [4.78, 5) is 18.9. The van der Waals surface area contributed by atoms with Gasteiger partial charge in [-0.1, -0.05) is 0 Å². The molecule has 4 N–H and O–H groups in total. The topological polar surface area (TPSA) is 107 Å². The molecular weight excluding hydrogens is 230 g/mol. The summed E-state index contributed by atoms with van der Waals surface area (Å²) in [5.41, 5.74) is 12.8. The number of hydrogen-bond donors (Lipinski definition) is 2. The number of piperidine rings is 1. The van der Waals surface area contributed by atoms with Crippen molar-refractivity contribution in [1.82, 2.24) is 19.9 Å². The fourth-order valence-electron chi connectivity index (χ4n) is 2.21. The van der Waals surface area contributed by atoms with Gasteiger partial charge in [-0.15, -0.1) is 0 Å². The Morgan fingerprint density at radius 3 is 2.44 bits per heavy atom. The zero-order valence-electron chi connectivity index (χ0n) is 10.0. The van der Waals surface area contributed by atoms with Crippen molar-refractivity contribution in [2.24, 2.45) is 0 Å². The molecular formula is C11H15N7. The SMILES string of the molecule is Nc1nc(N2CCCCC2)nc2c(N)ncnc12. The number of nitrogens with zero attached hydrogens (tertiary/aromatic N) is 5. The van der Waals surface area contributed by atoms with E-state index in [1.165, 1.54) is 12.7 Å². The summed E-state index contributed by atoms with van der Waals surface area (Å²) in [6.45, 7) is 1.91. The van der Waals surface area contributed by atoms with E-state index < -0.39 is 0 Å². The lowest BCUT2D eigenvalue weighted by molar-refractivity contribution is 0.569. The highest BCUT2D eigenvalue weighted by Gasteiger charge is 2.16. The van der Waals surface area contributed by atoms with Gasteiger partial charge in [0.1, 0.15) is 17.4 Å². The molecule has 0 aliphatic carbocycles. The van der Waals surface area contributed by atoms with Gasteiger partial charge < -0.3 is 16.4 Å². The molecule has 1 saturated heterocycles. The number of nitrogen functional groups attached to an aromatic ring is 2. The summed E-state index contributed by atoms with van der Waals surface area (Å²) in [6.07, 6.45) is 4.94. The predicted molar refractivity (Wildman–Crippen MR) is 70.0 cm³/mol. The van der Waals surface area contributed by atoms with Crippen molar-refractivity contribution in [1.29, 1.82) is 0 Å². The molecule has 0 aromatic carbocycles. The third-order valence-corrected chi connectivity index (χ3v) is 3.16. The number of fused-ring (bicyclic) bond motifs is 1. The summed E-state index contributed by atoms with van der Waals surface area (Å²) >= 11 is 0. The molecule has 0 radical (unpaired) electrons. The van der Waals surface area contributed by atoms with Gasteiger partial charge in [0.05, 0.1) is 0 Å². The predicted octanol–water partition coefficient (Wildman–Crippen LogP) is 0.574. The van der Waals surface area contributed by atoms with Crippen LogP contribution in [-0.2, 0) is 0 Å². The van der Waals surface area contributed by atoms with Gasteiger partial charge >= 0.3 is 0 Å². The van der Waals surface area contributed by atoms with Gasteiger partial charge in [-0.3, -0.25) is 0 Å². The summed E-state index contributed by atoms with van der Waals surface area (Å²) in [6, 6.07) is 0. The number of aromatic nitrogens is 4. The normalized spacial score (nSPS) is 16.1. The second-order valence-corrected chi connectivity index (χ2v) is 4.41. The van der Waals surface area contributed by atoms with E-state index in [9.17, 15) is 0 Å². The molecule has 0 unspecified atom stereocenters. The first-order chi connectivity index (χ1) is 8.75. The monoisotopic (exact) mass is 245 g/mol. The zero-order chi connectivity index (χ0) is 12.5. The average molecular weight is 245 g/mol. The Kier molecular flexibility index (Phi) is 2.58. The minimum atomic E-state index is 0.340. The summed E-state index contributed by atoms with van der Waals surface area (Å²) in [5, 5.41) is 0. The van der Waals surface area contributed by atoms with Crippen LogP contribution in [-0.4, -0.2) is 33.0 Å². The number of anilines is 3. The smallest absolute Gasteiger partial charge is 0.228 e. The highest BCUT2D eigenvalue weighted by Crippen LogP contribution is 2.23. The van der Waals surface area contributed by atoms with Crippen LogP contribution in [0.2, 0.25) is 0 Å². The molecule has 1 fully saturated rings. The first-order valence-electron chi connectivity index (χ1n) is 6.04. The van der Waals surface area contributed by atoms with Gasteiger partial charge in [0, 0.05) is 13.1 Å². The van der Waals surface area contributed by atoms with Crippen molar-refractivity contribution in [2.45, 2.75) is 19.3 Å². The maximum atomic E-state index is 5.91. The van der Waals surface area contributed by atoms with Gasteiger partial charge in [-0.2, -0.15) is 4.98 Å². The molecule has 2 aromatic rings. The number of hydrogen-bond acceptors (Lipinski definition) is 7. The Labute approximate surface area is 104 Å². The van der Waals surface area contributed by atoms with E-state index in [0.717, 1.165) is 25.9 Å². The van der Waals surface area contributed by atoms with Crippen molar-refractivity contribution in [3.8, 4) is 0 Å². The largest absolute Gasteiger partial charge is 0.382 e. The Bertz CT molecular complexity index is 577. The van der Waals surface area contributed by atoms with Crippen LogP contribution in [0.25, 0.3) is 11.0 Å². The molecule has 3 heterocycles. The van der Waals surface area contributed by atoms with Gasteiger partial charge in [0.15, 0.2) is 11.6 Å². The lowest BCUT2D eigenvalue weighted by Crippen LogP contribution is -2.31. The third-order valence-electron chi connectivity index (χ3n) is 3.16. The molecule has 0 spiro atoms. The van der Waals surface area contributed by atoms with E-state index in [0.29, 0.717) is 28.6 Å². The molecule has 3 rings (SSSR count). The van der Waals surface area contributed by atoms with Crippen molar-refractivity contribution in [2.75, 3.05) is 29.5 Å². The Hall–Kier alpha value is -2.18. The van der Waals surface area contributed by atoms with Crippen LogP contribution < -0.4 is 16.4 Å². The van der Waals surface area contributed by atoms with Crippen molar-refractivity contribution < 1.29 is 0 Å².